The second-order valence-corrected chi connectivity index (χ2v) is 5.75. The van der Waals surface area contributed by atoms with E-state index in [0.29, 0.717) is 0 Å². The summed E-state index contributed by atoms with van der Waals surface area (Å²) in [6.07, 6.45) is -0.925. The predicted molar refractivity (Wildman–Crippen MR) is 76.8 cm³/mol. The molecule has 1 rings (SSSR count). The van der Waals surface area contributed by atoms with Gasteiger partial charge in [0.2, 0.25) is 0 Å². The molecular weight excluding hydrogens is 312 g/mol. The van der Waals surface area contributed by atoms with Crippen LogP contribution in [0.2, 0.25) is 0 Å². The number of carbonyl (C=O) groups is 2. The molecule has 0 bridgehead atoms. The van der Waals surface area contributed by atoms with Crippen molar-refractivity contribution in [1.82, 2.24) is 5.32 Å². The van der Waals surface area contributed by atoms with E-state index in [-0.39, 0.29) is 5.56 Å². The normalized spacial score (nSPS) is 12.6. The molecule has 6 nitrogen and oxygen atoms in total. The molecule has 0 saturated carbocycles. The van der Waals surface area contributed by atoms with Crippen molar-refractivity contribution >= 4 is 12.1 Å². The quantitative estimate of drug-likeness (QED) is 0.836. The topological polar surface area (TPSA) is 84.9 Å². The van der Waals surface area contributed by atoms with Gasteiger partial charge in [-0.15, -0.1) is 0 Å². The standard InChI is InChI=1S/C15H19F2NO5/c1-15(2,3)23-14(21)18-12(13(19)20)8-22-7-9-10(16)5-4-6-11(9)17/h4-6,12H,7-8H2,1-3H3,(H,18,21)(H,19,20). The fourth-order valence-corrected chi connectivity index (χ4v) is 1.57. The second kappa shape index (κ2) is 7.87. The van der Waals surface area contributed by atoms with Crippen LogP contribution in [0.3, 0.4) is 0 Å². The number of alkyl carbamates (subject to hydrolysis) is 1. The summed E-state index contributed by atoms with van der Waals surface area (Å²) >= 11 is 0. The highest BCUT2D eigenvalue weighted by Crippen LogP contribution is 2.13. The minimum atomic E-state index is -1.40. The first-order chi connectivity index (χ1) is 10.6. The van der Waals surface area contributed by atoms with Crippen molar-refractivity contribution in [2.75, 3.05) is 6.61 Å². The van der Waals surface area contributed by atoms with Crippen LogP contribution in [0.25, 0.3) is 0 Å². The van der Waals surface area contributed by atoms with Gasteiger partial charge in [0.1, 0.15) is 17.2 Å². The van der Waals surface area contributed by atoms with Crippen molar-refractivity contribution in [2.24, 2.45) is 0 Å². The lowest BCUT2D eigenvalue weighted by molar-refractivity contribution is -0.141. The molecule has 0 fully saturated rings. The lowest BCUT2D eigenvalue weighted by atomic mass is 10.2. The maximum absolute atomic E-state index is 13.4. The third kappa shape index (κ3) is 6.60. The Morgan fingerprint density at radius 1 is 1.26 bits per heavy atom. The van der Waals surface area contributed by atoms with E-state index in [4.69, 9.17) is 14.6 Å². The smallest absolute Gasteiger partial charge is 0.408 e. The van der Waals surface area contributed by atoms with Crippen LogP contribution in [0.4, 0.5) is 13.6 Å². The summed E-state index contributed by atoms with van der Waals surface area (Å²) in [5, 5.41) is 11.1. The summed E-state index contributed by atoms with van der Waals surface area (Å²) in [6.45, 7) is 3.94. The van der Waals surface area contributed by atoms with Crippen molar-refractivity contribution in [1.29, 1.82) is 0 Å². The minimum absolute atomic E-state index is 0.311. The fourth-order valence-electron chi connectivity index (χ4n) is 1.57. The number of amides is 1. The lowest BCUT2D eigenvalue weighted by Crippen LogP contribution is -2.46. The van der Waals surface area contributed by atoms with Gasteiger partial charge in [-0.25, -0.2) is 18.4 Å². The number of hydrogen-bond acceptors (Lipinski definition) is 4. The molecule has 128 valence electrons. The molecular formula is C15H19F2NO5. The van der Waals surface area contributed by atoms with E-state index in [0.717, 1.165) is 12.1 Å². The number of aliphatic carboxylic acids is 1. The molecule has 0 heterocycles. The van der Waals surface area contributed by atoms with Crippen LogP contribution in [0.15, 0.2) is 18.2 Å². The van der Waals surface area contributed by atoms with E-state index in [1.165, 1.54) is 6.07 Å². The number of carboxylic acids is 1. The van der Waals surface area contributed by atoms with Gasteiger partial charge in [0, 0.05) is 5.56 Å². The first kappa shape index (κ1) is 18.8. The third-order valence-corrected chi connectivity index (χ3v) is 2.58. The van der Waals surface area contributed by atoms with Crippen LogP contribution in [0, 0.1) is 11.6 Å². The van der Waals surface area contributed by atoms with Crippen LogP contribution in [-0.4, -0.2) is 35.4 Å². The van der Waals surface area contributed by atoms with Crippen molar-refractivity contribution < 1.29 is 33.0 Å². The van der Waals surface area contributed by atoms with Crippen molar-refractivity contribution in [2.45, 2.75) is 39.0 Å². The van der Waals surface area contributed by atoms with Crippen molar-refractivity contribution in [3.63, 3.8) is 0 Å². The van der Waals surface area contributed by atoms with Crippen LogP contribution >= 0.6 is 0 Å². The summed E-state index contributed by atoms with van der Waals surface area (Å²) in [6, 6.07) is 1.93. The largest absolute Gasteiger partial charge is 0.480 e. The third-order valence-electron chi connectivity index (χ3n) is 2.58. The van der Waals surface area contributed by atoms with E-state index in [2.05, 4.69) is 5.32 Å². The minimum Gasteiger partial charge on any atom is -0.480 e. The summed E-state index contributed by atoms with van der Waals surface area (Å²) < 4.78 is 36.7. The molecule has 0 saturated heterocycles. The predicted octanol–water partition coefficient (Wildman–Crippen LogP) is 2.46. The zero-order valence-electron chi connectivity index (χ0n) is 13.1. The Morgan fingerprint density at radius 2 is 1.83 bits per heavy atom. The average Bonchev–Trinajstić information content (AvgIpc) is 2.38. The maximum atomic E-state index is 13.4. The van der Waals surface area contributed by atoms with Gasteiger partial charge in [-0.1, -0.05) is 6.07 Å². The molecule has 1 aromatic rings. The van der Waals surface area contributed by atoms with Gasteiger partial charge in [0.15, 0.2) is 6.04 Å². The van der Waals surface area contributed by atoms with E-state index in [1.54, 1.807) is 20.8 Å². The van der Waals surface area contributed by atoms with Gasteiger partial charge < -0.3 is 19.9 Å². The SMILES string of the molecule is CC(C)(C)OC(=O)NC(COCc1c(F)cccc1F)C(=O)O. The number of hydrogen-bond donors (Lipinski definition) is 2. The highest BCUT2D eigenvalue weighted by molar-refractivity contribution is 5.80. The summed E-state index contributed by atoms with van der Waals surface area (Å²) in [5.41, 5.74) is -1.10. The highest BCUT2D eigenvalue weighted by Gasteiger charge is 2.24. The molecule has 8 heteroatoms. The summed E-state index contributed by atoms with van der Waals surface area (Å²) in [7, 11) is 0. The molecule has 1 amide bonds. The zero-order valence-corrected chi connectivity index (χ0v) is 13.1. The zero-order chi connectivity index (χ0) is 17.6. The van der Waals surface area contributed by atoms with Gasteiger partial charge in [-0.3, -0.25) is 0 Å². The Bertz CT molecular complexity index is 551. The van der Waals surface area contributed by atoms with Crippen LogP contribution < -0.4 is 5.32 Å². The number of ether oxygens (including phenoxy) is 2. The number of nitrogens with one attached hydrogen (secondary N) is 1. The maximum Gasteiger partial charge on any atom is 0.408 e. The van der Waals surface area contributed by atoms with E-state index in [9.17, 15) is 18.4 Å². The molecule has 2 N–H and O–H groups in total. The number of rotatable bonds is 6. The van der Waals surface area contributed by atoms with E-state index >= 15 is 0 Å². The highest BCUT2D eigenvalue weighted by atomic mass is 19.1. The Labute approximate surface area is 132 Å². The Hall–Kier alpha value is -2.22. The average molecular weight is 331 g/mol. The second-order valence-electron chi connectivity index (χ2n) is 5.75. The Balaban J connectivity index is 2.57. The molecule has 0 aliphatic heterocycles. The summed E-state index contributed by atoms with van der Waals surface area (Å²) in [4.78, 5) is 22.6. The molecule has 0 aliphatic carbocycles. The molecule has 1 atom stereocenters. The molecule has 1 unspecified atom stereocenters. The first-order valence-corrected chi connectivity index (χ1v) is 6.83. The number of carbonyl (C=O) groups excluding carboxylic acids is 1. The van der Waals surface area contributed by atoms with E-state index < -0.39 is 48.6 Å². The van der Waals surface area contributed by atoms with Gasteiger partial charge in [-0.05, 0) is 32.9 Å². The van der Waals surface area contributed by atoms with Crippen LogP contribution in [0.1, 0.15) is 26.3 Å². The van der Waals surface area contributed by atoms with Crippen molar-refractivity contribution in [3.8, 4) is 0 Å². The Kier molecular flexibility index (Phi) is 6.44. The van der Waals surface area contributed by atoms with Gasteiger partial charge in [0.05, 0.1) is 13.2 Å². The van der Waals surface area contributed by atoms with E-state index in [1.807, 2.05) is 0 Å². The van der Waals surface area contributed by atoms with Gasteiger partial charge in [0.25, 0.3) is 0 Å². The number of benzene rings is 1. The van der Waals surface area contributed by atoms with Gasteiger partial charge >= 0.3 is 12.1 Å². The fraction of sp³-hybridized carbons (Fsp3) is 0.467. The summed E-state index contributed by atoms with van der Waals surface area (Å²) in [5.74, 6) is -2.95. The van der Waals surface area contributed by atoms with Crippen LogP contribution in [0.5, 0.6) is 0 Å². The Morgan fingerprint density at radius 3 is 2.30 bits per heavy atom. The van der Waals surface area contributed by atoms with Crippen molar-refractivity contribution in [3.05, 3.63) is 35.4 Å². The monoisotopic (exact) mass is 331 g/mol. The lowest BCUT2D eigenvalue weighted by Gasteiger charge is -2.22. The molecule has 23 heavy (non-hydrogen) atoms. The molecule has 0 radical (unpaired) electrons. The number of halogens is 2. The van der Waals surface area contributed by atoms with Crippen LogP contribution in [-0.2, 0) is 20.9 Å². The molecule has 1 aromatic carbocycles. The molecule has 0 aromatic heterocycles. The molecule has 0 aliphatic rings. The first-order valence-electron chi connectivity index (χ1n) is 6.83. The number of carboxylic acid groups (broad SMARTS) is 1. The van der Waals surface area contributed by atoms with Gasteiger partial charge in [-0.2, -0.15) is 0 Å². The molecule has 0 spiro atoms.